The number of carbonyl (C=O) groups is 1. The maximum absolute atomic E-state index is 12.4. The Balaban J connectivity index is 2.10. The normalized spacial score (nSPS) is 10.7. The van der Waals surface area contributed by atoms with Crippen LogP contribution in [0.1, 0.15) is 17.5 Å². The molecule has 11 heteroatoms. The number of carboxylic acids is 1. The molecule has 0 aliphatic rings. The monoisotopic (exact) mass is 381 g/mol. The summed E-state index contributed by atoms with van der Waals surface area (Å²) in [5.41, 5.74) is 0.329. The number of anilines is 2. The van der Waals surface area contributed by atoms with E-state index in [9.17, 15) is 18.0 Å². The average molecular weight is 381 g/mol. The Morgan fingerprint density at radius 3 is 2.70 bits per heavy atom. The summed E-state index contributed by atoms with van der Waals surface area (Å²) in [6.07, 6.45) is -3.78. The van der Waals surface area contributed by atoms with Crippen molar-refractivity contribution in [3.05, 3.63) is 41.6 Å². The third-order valence-corrected chi connectivity index (χ3v) is 3.18. The van der Waals surface area contributed by atoms with Gasteiger partial charge >= 0.3 is 12.3 Å². The lowest BCUT2D eigenvalue weighted by Gasteiger charge is -2.14. The van der Waals surface area contributed by atoms with Gasteiger partial charge in [-0.2, -0.15) is 10.2 Å². The number of aromatic nitrogens is 2. The van der Waals surface area contributed by atoms with Crippen molar-refractivity contribution in [1.82, 2.24) is 9.97 Å². The highest BCUT2D eigenvalue weighted by molar-refractivity contribution is 5.67. The maximum atomic E-state index is 12.4. The number of para-hydroxylation sites is 1. The Bertz CT molecular complexity index is 852. The summed E-state index contributed by atoms with van der Waals surface area (Å²) in [4.78, 5) is 18.5. The van der Waals surface area contributed by atoms with Gasteiger partial charge in [0.15, 0.2) is 0 Å². The molecule has 0 radical (unpaired) electrons. The highest BCUT2D eigenvalue weighted by Gasteiger charge is 2.31. The van der Waals surface area contributed by atoms with Gasteiger partial charge in [-0.15, -0.1) is 13.2 Å². The summed E-state index contributed by atoms with van der Waals surface area (Å²) in [6.45, 7) is -0.0184. The molecule has 0 bridgehead atoms. The third kappa shape index (κ3) is 6.35. The van der Waals surface area contributed by atoms with Crippen LogP contribution in [0.2, 0.25) is 0 Å². The second-order valence-corrected chi connectivity index (χ2v) is 5.15. The summed E-state index contributed by atoms with van der Waals surface area (Å²) < 4.78 is 41.3. The van der Waals surface area contributed by atoms with Gasteiger partial charge in [-0.05, 0) is 6.07 Å². The van der Waals surface area contributed by atoms with E-state index < -0.39 is 12.3 Å². The number of benzene rings is 1. The minimum atomic E-state index is -4.82. The van der Waals surface area contributed by atoms with Crippen LogP contribution in [0, 0.1) is 11.3 Å². The van der Waals surface area contributed by atoms with E-state index in [0.717, 1.165) is 0 Å². The number of hydrogen-bond acceptors (Lipinski definition) is 7. The van der Waals surface area contributed by atoms with Crippen LogP contribution in [0.5, 0.6) is 5.75 Å². The number of hydrogen-bond donors (Lipinski definition) is 3. The van der Waals surface area contributed by atoms with Gasteiger partial charge in [0.1, 0.15) is 23.2 Å². The Morgan fingerprint density at radius 2 is 2.04 bits per heavy atom. The largest absolute Gasteiger partial charge is 0.573 e. The molecule has 0 unspecified atom stereocenters. The van der Waals surface area contributed by atoms with Crippen LogP contribution in [-0.4, -0.2) is 34.0 Å². The van der Waals surface area contributed by atoms with E-state index in [2.05, 4.69) is 25.3 Å². The van der Waals surface area contributed by atoms with E-state index in [1.807, 2.05) is 6.07 Å². The smallest absolute Gasteiger partial charge is 0.481 e. The zero-order chi connectivity index (χ0) is 19.9. The van der Waals surface area contributed by atoms with E-state index in [1.54, 1.807) is 6.07 Å². The highest BCUT2D eigenvalue weighted by Crippen LogP contribution is 2.26. The van der Waals surface area contributed by atoms with Gasteiger partial charge in [0.2, 0.25) is 5.95 Å². The minimum Gasteiger partial charge on any atom is -0.481 e. The predicted molar refractivity (Wildman–Crippen MR) is 87.9 cm³/mol. The van der Waals surface area contributed by atoms with Gasteiger partial charge in [-0.3, -0.25) is 4.79 Å². The molecule has 27 heavy (non-hydrogen) atoms. The summed E-state index contributed by atoms with van der Waals surface area (Å²) >= 11 is 0. The van der Waals surface area contributed by atoms with Gasteiger partial charge in [-0.25, -0.2) is 4.98 Å². The summed E-state index contributed by atoms with van der Waals surface area (Å²) in [6, 6.07) is 7.46. The Labute approximate surface area is 151 Å². The third-order valence-electron chi connectivity index (χ3n) is 3.18. The maximum Gasteiger partial charge on any atom is 0.573 e. The number of nitriles is 1. The predicted octanol–water partition coefficient (Wildman–Crippen LogP) is 2.75. The first-order chi connectivity index (χ1) is 12.8. The molecule has 0 atom stereocenters. The Hall–Kier alpha value is -3.55. The molecule has 3 N–H and O–H groups in total. The van der Waals surface area contributed by atoms with Crippen molar-refractivity contribution in [2.45, 2.75) is 19.3 Å². The van der Waals surface area contributed by atoms with Crippen molar-refractivity contribution >= 4 is 17.7 Å². The van der Waals surface area contributed by atoms with Crippen LogP contribution in [0.3, 0.4) is 0 Å². The van der Waals surface area contributed by atoms with Gasteiger partial charge in [-0.1, -0.05) is 18.2 Å². The lowest BCUT2D eigenvalue weighted by molar-refractivity contribution is -0.274. The fraction of sp³-hybridized carbons (Fsp3) is 0.250. The van der Waals surface area contributed by atoms with Crippen molar-refractivity contribution in [2.24, 2.45) is 0 Å². The topological polar surface area (TPSA) is 120 Å². The number of alkyl halides is 3. The van der Waals surface area contributed by atoms with E-state index >= 15 is 0 Å². The molecule has 0 amide bonds. The first-order valence-corrected chi connectivity index (χ1v) is 7.59. The molecule has 2 aromatic rings. The number of halogens is 3. The zero-order valence-corrected chi connectivity index (χ0v) is 13.7. The molecular formula is C16H14F3N5O3. The summed E-state index contributed by atoms with van der Waals surface area (Å²) in [7, 11) is 0. The zero-order valence-electron chi connectivity index (χ0n) is 13.7. The number of nitrogens with one attached hydrogen (secondary N) is 2. The SMILES string of the molecule is N#Cc1cnc(NCc2ccccc2OC(F)(F)F)nc1NCCC(=O)O. The van der Waals surface area contributed by atoms with Crippen LogP contribution >= 0.6 is 0 Å². The molecule has 0 saturated carbocycles. The standard InChI is InChI=1S/C16H14F3N5O3/c17-16(18,19)27-12-4-2-1-3-10(12)8-22-15-23-9-11(7-20)14(24-15)21-6-5-13(25)26/h1-4,9H,5-6,8H2,(H,25,26)(H2,21,22,23,24). The second kappa shape index (κ2) is 8.70. The van der Waals surface area contributed by atoms with E-state index in [1.165, 1.54) is 24.4 Å². The molecule has 8 nitrogen and oxygen atoms in total. The molecular weight excluding hydrogens is 367 g/mol. The molecule has 1 heterocycles. The minimum absolute atomic E-state index is 0.0444. The quantitative estimate of drug-likeness (QED) is 0.638. The van der Waals surface area contributed by atoms with E-state index in [4.69, 9.17) is 10.4 Å². The molecule has 0 fully saturated rings. The van der Waals surface area contributed by atoms with Crippen LogP contribution in [0.25, 0.3) is 0 Å². The van der Waals surface area contributed by atoms with Crippen molar-refractivity contribution in [3.63, 3.8) is 0 Å². The molecule has 0 saturated heterocycles. The molecule has 0 aliphatic heterocycles. The first kappa shape index (κ1) is 19.8. The lowest BCUT2D eigenvalue weighted by Crippen LogP contribution is -2.18. The molecule has 0 aliphatic carbocycles. The number of rotatable bonds is 8. The van der Waals surface area contributed by atoms with Gasteiger partial charge in [0.05, 0.1) is 12.6 Å². The number of aliphatic carboxylic acids is 1. The fourth-order valence-electron chi connectivity index (χ4n) is 2.02. The number of nitrogens with zero attached hydrogens (tertiary/aromatic N) is 3. The van der Waals surface area contributed by atoms with Crippen molar-refractivity contribution in [2.75, 3.05) is 17.2 Å². The summed E-state index contributed by atoms with van der Waals surface area (Å²) in [5.74, 6) is -1.20. The Kier molecular flexibility index (Phi) is 6.37. The lowest BCUT2D eigenvalue weighted by atomic mass is 10.2. The van der Waals surface area contributed by atoms with Crippen LogP contribution in [0.15, 0.2) is 30.5 Å². The Morgan fingerprint density at radius 1 is 1.30 bits per heavy atom. The average Bonchev–Trinajstić information content (AvgIpc) is 2.59. The van der Waals surface area contributed by atoms with Crippen molar-refractivity contribution in [3.8, 4) is 11.8 Å². The fourth-order valence-corrected chi connectivity index (χ4v) is 2.02. The van der Waals surface area contributed by atoms with Crippen LogP contribution in [-0.2, 0) is 11.3 Å². The molecule has 1 aromatic carbocycles. The number of ether oxygens (including phenoxy) is 1. The van der Waals surface area contributed by atoms with Gasteiger partial charge in [0, 0.05) is 18.7 Å². The molecule has 142 valence electrons. The second-order valence-electron chi connectivity index (χ2n) is 5.15. The molecule has 2 rings (SSSR count). The van der Waals surface area contributed by atoms with Crippen molar-refractivity contribution < 1.29 is 27.8 Å². The van der Waals surface area contributed by atoms with Crippen LogP contribution < -0.4 is 15.4 Å². The molecule has 1 aromatic heterocycles. The molecule has 0 spiro atoms. The number of carboxylic acid groups (broad SMARTS) is 1. The van der Waals surface area contributed by atoms with E-state index in [-0.39, 0.29) is 48.2 Å². The van der Waals surface area contributed by atoms with Gasteiger partial charge < -0.3 is 20.5 Å². The van der Waals surface area contributed by atoms with Gasteiger partial charge in [0.25, 0.3) is 0 Å². The van der Waals surface area contributed by atoms with E-state index in [0.29, 0.717) is 0 Å². The first-order valence-electron chi connectivity index (χ1n) is 7.59. The highest BCUT2D eigenvalue weighted by atomic mass is 19.4. The van der Waals surface area contributed by atoms with Crippen molar-refractivity contribution in [1.29, 1.82) is 5.26 Å². The summed E-state index contributed by atoms with van der Waals surface area (Å²) in [5, 5.41) is 23.1. The van der Waals surface area contributed by atoms with Crippen LogP contribution in [0.4, 0.5) is 24.9 Å².